The molecule has 4 aromatic rings. The molecule has 148 valence electrons. The molecule has 0 unspecified atom stereocenters. The average Bonchev–Trinajstić information content (AvgIpc) is 3.19. The zero-order chi connectivity index (χ0) is 21.0. The van der Waals surface area contributed by atoms with E-state index in [9.17, 15) is 15.0 Å². The summed E-state index contributed by atoms with van der Waals surface area (Å²) in [6.07, 6.45) is 5.20. The number of phenols is 2. The second-order valence-corrected chi connectivity index (χ2v) is 7.48. The van der Waals surface area contributed by atoms with Crippen LogP contribution in [0.25, 0.3) is 28.2 Å². The molecular formula is C23H15ClN2O4. The highest BCUT2D eigenvalue weighted by atomic mass is 35.5. The van der Waals surface area contributed by atoms with Crippen LogP contribution in [0.4, 0.5) is 0 Å². The fraction of sp³-hybridized carbons (Fsp3) is 0.0435. The molecule has 1 aliphatic heterocycles. The Bertz CT molecular complexity index is 1390. The van der Waals surface area contributed by atoms with Crippen molar-refractivity contribution in [1.29, 1.82) is 0 Å². The maximum absolute atomic E-state index is 12.8. The number of carbonyl (C=O) groups excluding carboxylic acids is 1. The third-order valence-electron chi connectivity index (χ3n) is 5.05. The molecule has 0 fully saturated rings. The van der Waals surface area contributed by atoms with Crippen molar-refractivity contribution in [2.24, 2.45) is 7.05 Å². The van der Waals surface area contributed by atoms with Gasteiger partial charge in [-0.3, -0.25) is 4.79 Å². The van der Waals surface area contributed by atoms with E-state index < -0.39 is 5.78 Å². The Morgan fingerprint density at radius 3 is 2.80 bits per heavy atom. The quantitative estimate of drug-likeness (QED) is 0.451. The number of allylic oxidation sites excluding steroid dienone is 1. The summed E-state index contributed by atoms with van der Waals surface area (Å²) in [5.41, 5.74) is 3.34. The van der Waals surface area contributed by atoms with Crippen molar-refractivity contribution in [3.05, 3.63) is 76.8 Å². The Balaban J connectivity index is 1.69. The molecule has 0 bridgehead atoms. The number of benzene rings is 2. The van der Waals surface area contributed by atoms with Crippen molar-refractivity contribution < 1.29 is 19.7 Å². The van der Waals surface area contributed by atoms with E-state index >= 15 is 0 Å². The summed E-state index contributed by atoms with van der Waals surface area (Å²) in [6.45, 7) is 0. The minimum absolute atomic E-state index is 0.0347. The second kappa shape index (κ2) is 6.64. The molecule has 0 aliphatic carbocycles. The van der Waals surface area contributed by atoms with Crippen molar-refractivity contribution in [3.63, 3.8) is 0 Å². The molecule has 1 aliphatic rings. The first-order chi connectivity index (χ1) is 14.4. The molecule has 0 radical (unpaired) electrons. The molecule has 0 amide bonds. The first kappa shape index (κ1) is 18.3. The zero-order valence-corrected chi connectivity index (χ0v) is 16.5. The third kappa shape index (κ3) is 2.81. The van der Waals surface area contributed by atoms with E-state index in [4.69, 9.17) is 16.3 Å². The van der Waals surface area contributed by atoms with Gasteiger partial charge in [-0.25, -0.2) is 4.98 Å². The van der Waals surface area contributed by atoms with Crippen LogP contribution in [0.2, 0.25) is 5.02 Å². The molecule has 2 aromatic heterocycles. The number of aryl methyl sites for hydroxylation is 1. The van der Waals surface area contributed by atoms with Gasteiger partial charge in [0.2, 0.25) is 5.78 Å². The van der Waals surface area contributed by atoms with E-state index in [0.717, 1.165) is 33.8 Å². The number of rotatable bonds is 2. The fourth-order valence-electron chi connectivity index (χ4n) is 3.76. The largest absolute Gasteiger partial charge is 0.508 e. The normalized spacial score (nSPS) is 14.3. The maximum Gasteiger partial charge on any atom is 0.235 e. The topological polar surface area (TPSA) is 84.6 Å². The highest BCUT2D eigenvalue weighted by molar-refractivity contribution is 6.31. The fourth-order valence-corrected chi connectivity index (χ4v) is 3.95. The van der Waals surface area contributed by atoms with Gasteiger partial charge in [0.1, 0.15) is 28.5 Å². The monoisotopic (exact) mass is 418 g/mol. The number of aromatic hydroxyl groups is 2. The average molecular weight is 419 g/mol. The lowest BCUT2D eigenvalue weighted by atomic mass is 10.0. The van der Waals surface area contributed by atoms with E-state index in [2.05, 4.69) is 4.98 Å². The molecule has 0 saturated carbocycles. The Morgan fingerprint density at radius 2 is 2.00 bits per heavy atom. The van der Waals surface area contributed by atoms with Crippen LogP contribution in [0.15, 0.2) is 60.6 Å². The molecule has 7 heteroatoms. The van der Waals surface area contributed by atoms with E-state index in [1.807, 2.05) is 48.1 Å². The van der Waals surface area contributed by atoms with Gasteiger partial charge in [0.15, 0.2) is 5.76 Å². The third-order valence-corrected chi connectivity index (χ3v) is 5.28. The Hall–Kier alpha value is -3.77. The van der Waals surface area contributed by atoms with Crippen LogP contribution in [0.3, 0.4) is 0 Å². The van der Waals surface area contributed by atoms with E-state index in [0.29, 0.717) is 5.02 Å². The Morgan fingerprint density at radius 1 is 1.17 bits per heavy atom. The van der Waals surface area contributed by atoms with Crippen molar-refractivity contribution in [1.82, 2.24) is 9.55 Å². The van der Waals surface area contributed by atoms with Crippen LogP contribution in [-0.4, -0.2) is 25.5 Å². The predicted molar refractivity (Wildman–Crippen MR) is 114 cm³/mol. The van der Waals surface area contributed by atoms with E-state index in [-0.39, 0.29) is 28.6 Å². The van der Waals surface area contributed by atoms with Gasteiger partial charge in [0.05, 0.1) is 0 Å². The van der Waals surface area contributed by atoms with Gasteiger partial charge < -0.3 is 19.5 Å². The van der Waals surface area contributed by atoms with Gasteiger partial charge in [0.25, 0.3) is 0 Å². The number of aromatic nitrogens is 2. The molecule has 0 saturated heterocycles. The summed E-state index contributed by atoms with van der Waals surface area (Å²) in [5, 5.41) is 21.2. The van der Waals surface area contributed by atoms with Crippen molar-refractivity contribution in [2.45, 2.75) is 0 Å². The van der Waals surface area contributed by atoms with Crippen molar-refractivity contribution in [3.8, 4) is 28.4 Å². The lowest BCUT2D eigenvalue weighted by molar-refractivity contribution is 0.101. The Labute approximate surface area is 176 Å². The first-order valence-electron chi connectivity index (χ1n) is 9.12. The molecule has 30 heavy (non-hydrogen) atoms. The number of hydrogen-bond acceptors (Lipinski definition) is 5. The first-order valence-corrected chi connectivity index (χ1v) is 9.50. The van der Waals surface area contributed by atoms with E-state index in [1.165, 1.54) is 6.07 Å². The van der Waals surface area contributed by atoms with Gasteiger partial charge in [-0.15, -0.1) is 0 Å². The standard InChI is InChI=1S/C23H15ClN2O4/c1-26-11-13(8-19-22(29)21-17(28)9-15(27)10-18(21)30-19)20-16(5-6-25-23(20)26)12-3-2-4-14(24)7-12/h2-11,27-28H,1H3/b19-8-. The van der Waals surface area contributed by atoms with Crippen LogP contribution >= 0.6 is 11.6 Å². The summed E-state index contributed by atoms with van der Waals surface area (Å²) in [4.78, 5) is 17.3. The summed E-state index contributed by atoms with van der Waals surface area (Å²) >= 11 is 6.19. The maximum atomic E-state index is 12.8. The highest BCUT2D eigenvalue weighted by Gasteiger charge is 2.31. The summed E-state index contributed by atoms with van der Waals surface area (Å²) in [7, 11) is 1.87. The van der Waals surface area contributed by atoms with Gasteiger partial charge in [-0.05, 0) is 35.4 Å². The number of carbonyl (C=O) groups is 1. The van der Waals surface area contributed by atoms with Crippen molar-refractivity contribution in [2.75, 3.05) is 0 Å². The van der Waals surface area contributed by atoms with Crippen LogP contribution in [0.5, 0.6) is 17.2 Å². The molecule has 0 atom stereocenters. The number of phenolic OH excluding ortho intramolecular Hbond substituents is 2. The zero-order valence-electron chi connectivity index (χ0n) is 15.8. The minimum atomic E-state index is -0.451. The molecule has 0 spiro atoms. The minimum Gasteiger partial charge on any atom is -0.508 e. The SMILES string of the molecule is Cn1cc(/C=C2\Oc3cc(O)cc(O)c3C2=O)c2c(-c3cccc(Cl)c3)ccnc21. The number of hydrogen-bond donors (Lipinski definition) is 2. The van der Waals surface area contributed by atoms with Gasteiger partial charge in [0, 0.05) is 47.5 Å². The second-order valence-electron chi connectivity index (χ2n) is 7.04. The number of Topliss-reactive ketones (excluding diaryl/α,β-unsaturated/α-hetero) is 1. The number of nitrogens with zero attached hydrogens (tertiary/aromatic N) is 2. The molecular weight excluding hydrogens is 404 g/mol. The summed E-state index contributed by atoms with van der Waals surface area (Å²) in [5.74, 6) is -0.778. The lowest BCUT2D eigenvalue weighted by Crippen LogP contribution is -1.98. The lowest BCUT2D eigenvalue weighted by Gasteiger charge is -2.06. The molecule has 2 N–H and O–H groups in total. The summed E-state index contributed by atoms with van der Waals surface area (Å²) in [6, 6.07) is 11.8. The highest BCUT2D eigenvalue weighted by Crippen LogP contribution is 2.41. The van der Waals surface area contributed by atoms with Crippen LogP contribution in [0, 0.1) is 0 Å². The molecule has 5 rings (SSSR count). The van der Waals surface area contributed by atoms with Crippen molar-refractivity contribution >= 4 is 34.5 Å². The smallest absolute Gasteiger partial charge is 0.235 e. The number of ketones is 1. The van der Waals surface area contributed by atoms with Crippen LogP contribution < -0.4 is 4.74 Å². The molecule has 2 aromatic carbocycles. The number of halogens is 1. The number of fused-ring (bicyclic) bond motifs is 2. The number of ether oxygens (including phenoxy) is 1. The van der Waals surface area contributed by atoms with Crippen LogP contribution in [-0.2, 0) is 7.05 Å². The number of pyridine rings is 1. The summed E-state index contributed by atoms with van der Waals surface area (Å²) < 4.78 is 7.52. The van der Waals surface area contributed by atoms with E-state index in [1.54, 1.807) is 12.3 Å². The Kier molecular flexibility index (Phi) is 4.04. The molecule has 6 nitrogen and oxygen atoms in total. The van der Waals surface area contributed by atoms with Crippen LogP contribution in [0.1, 0.15) is 15.9 Å². The van der Waals surface area contributed by atoms with Gasteiger partial charge in [-0.2, -0.15) is 0 Å². The van der Waals surface area contributed by atoms with Gasteiger partial charge >= 0.3 is 0 Å². The molecule has 3 heterocycles. The predicted octanol–water partition coefficient (Wildman–Crippen LogP) is 4.92. The van der Waals surface area contributed by atoms with Gasteiger partial charge in [-0.1, -0.05) is 23.7 Å².